The number of hydrogen-bond donors (Lipinski definition) is 1. The van der Waals surface area contributed by atoms with Crippen molar-refractivity contribution < 1.29 is 4.79 Å². The summed E-state index contributed by atoms with van der Waals surface area (Å²) in [5.74, 6) is 0.108. The SMILES string of the molecule is Cc1ccc(CCN(C)C(=O)CC(C)(C)N)cc1C. The van der Waals surface area contributed by atoms with Gasteiger partial charge in [0.05, 0.1) is 0 Å². The zero-order chi connectivity index (χ0) is 14.6. The number of rotatable bonds is 5. The fourth-order valence-corrected chi connectivity index (χ4v) is 1.91. The van der Waals surface area contributed by atoms with E-state index in [9.17, 15) is 4.79 Å². The smallest absolute Gasteiger partial charge is 0.224 e. The van der Waals surface area contributed by atoms with Gasteiger partial charge in [0.1, 0.15) is 0 Å². The van der Waals surface area contributed by atoms with E-state index >= 15 is 0 Å². The van der Waals surface area contributed by atoms with Crippen molar-refractivity contribution in [2.45, 2.75) is 46.1 Å². The van der Waals surface area contributed by atoms with Gasteiger partial charge in [0.15, 0.2) is 0 Å². The Morgan fingerprint density at radius 2 is 1.89 bits per heavy atom. The van der Waals surface area contributed by atoms with Gasteiger partial charge in [-0.15, -0.1) is 0 Å². The molecule has 0 aliphatic carbocycles. The second-order valence-corrected chi connectivity index (χ2v) is 6.15. The minimum Gasteiger partial charge on any atom is -0.345 e. The lowest BCUT2D eigenvalue weighted by Gasteiger charge is -2.23. The van der Waals surface area contributed by atoms with Crippen molar-refractivity contribution in [3.05, 3.63) is 34.9 Å². The van der Waals surface area contributed by atoms with Crippen molar-refractivity contribution in [3.63, 3.8) is 0 Å². The molecule has 0 heterocycles. The lowest BCUT2D eigenvalue weighted by atomic mass is 10.0. The molecule has 0 aliphatic rings. The number of aryl methyl sites for hydroxylation is 2. The maximum atomic E-state index is 11.9. The number of amides is 1. The Labute approximate surface area is 116 Å². The number of nitrogens with zero attached hydrogens (tertiary/aromatic N) is 1. The predicted octanol–water partition coefficient (Wildman–Crippen LogP) is 2.43. The minimum absolute atomic E-state index is 0.108. The maximum Gasteiger partial charge on any atom is 0.224 e. The first kappa shape index (κ1) is 15.7. The average molecular weight is 262 g/mol. The van der Waals surface area contributed by atoms with Gasteiger partial charge in [0.25, 0.3) is 0 Å². The molecular formula is C16H26N2O. The van der Waals surface area contributed by atoms with Crippen LogP contribution in [0.25, 0.3) is 0 Å². The summed E-state index contributed by atoms with van der Waals surface area (Å²) in [5.41, 5.74) is 9.31. The second-order valence-electron chi connectivity index (χ2n) is 6.15. The molecule has 0 spiro atoms. The molecular weight excluding hydrogens is 236 g/mol. The Bertz CT molecular complexity index is 447. The second kappa shape index (κ2) is 6.20. The van der Waals surface area contributed by atoms with Crippen LogP contribution in [-0.4, -0.2) is 29.9 Å². The number of nitrogens with two attached hydrogens (primary N) is 1. The highest BCUT2D eigenvalue weighted by molar-refractivity contribution is 5.77. The minimum atomic E-state index is -0.439. The number of hydrogen-bond acceptors (Lipinski definition) is 2. The maximum absolute atomic E-state index is 11.9. The van der Waals surface area contributed by atoms with Crippen LogP contribution >= 0.6 is 0 Å². The van der Waals surface area contributed by atoms with Gasteiger partial charge in [0, 0.05) is 25.6 Å². The summed E-state index contributed by atoms with van der Waals surface area (Å²) in [5, 5.41) is 0. The van der Waals surface area contributed by atoms with Crippen LogP contribution in [0.5, 0.6) is 0 Å². The van der Waals surface area contributed by atoms with Crippen molar-refractivity contribution in [1.29, 1.82) is 0 Å². The van der Waals surface area contributed by atoms with Gasteiger partial charge in [-0.1, -0.05) is 18.2 Å². The third-order valence-corrected chi connectivity index (χ3v) is 3.34. The Balaban J connectivity index is 2.52. The number of carbonyl (C=O) groups is 1. The third kappa shape index (κ3) is 5.43. The summed E-state index contributed by atoms with van der Waals surface area (Å²) in [4.78, 5) is 13.7. The van der Waals surface area contributed by atoms with Crippen molar-refractivity contribution in [2.24, 2.45) is 5.73 Å². The van der Waals surface area contributed by atoms with Crippen LogP contribution in [0.15, 0.2) is 18.2 Å². The van der Waals surface area contributed by atoms with E-state index in [1.54, 1.807) is 4.90 Å². The van der Waals surface area contributed by atoms with E-state index < -0.39 is 5.54 Å². The van der Waals surface area contributed by atoms with E-state index in [-0.39, 0.29) is 5.91 Å². The molecule has 0 atom stereocenters. The summed E-state index contributed by atoms with van der Waals surface area (Å²) >= 11 is 0. The third-order valence-electron chi connectivity index (χ3n) is 3.34. The molecule has 3 heteroatoms. The molecule has 1 aromatic rings. The molecule has 19 heavy (non-hydrogen) atoms. The standard InChI is InChI=1S/C16H26N2O/c1-12-6-7-14(10-13(12)2)8-9-18(5)15(19)11-16(3,4)17/h6-7,10H,8-9,11,17H2,1-5H3. The van der Waals surface area contributed by atoms with Crippen LogP contribution < -0.4 is 5.73 Å². The molecule has 0 saturated carbocycles. The van der Waals surface area contributed by atoms with Crippen LogP contribution in [0.1, 0.15) is 37.0 Å². The lowest BCUT2D eigenvalue weighted by Crippen LogP contribution is -2.40. The highest BCUT2D eigenvalue weighted by Crippen LogP contribution is 2.11. The zero-order valence-electron chi connectivity index (χ0n) is 12.8. The molecule has 2 N–H and O–H groups in total. The van der Waals surface area contributed by atoms with E-state index in [1.165, 1.54) is 16.7 Å². The first-order valence-corrected chi connectivity index (χ1v) is 6.78. The molecule has 0 aromatic heterocycles. The quantitative estimate of drug-likeness (QED) is 0.886. The molecule has 0 aliphatic heterocycles. The molecule has 106 valence electrons. The number of benzene rings is 1. The normalized spacial score (nSPS) is 11.5. The molecule has 0 unspecified atom stereocenters. The van der Waals surface area contributed by atoms with E-state index in [4.69, 9.17) is 5.73 Å². The monoisotopic (exact) mass is 262 g/mol. The molecule has 0 saturated heterocycles. The summed E-state index contributed by atoms with van der Waals surface area (Å²) in [6.07, 6.45) is 1.27. The number of likely N-dealkylation sites (N-methyl/N-ethyl adjacent to an activating group) is 1. The highest BCUT2D eigenvalue weighted by Gasteiger charge is 2.19. The molecule has 3 nitrogen and oxygen atoms in total. The van der Waals surface area contributed by atoms with Gasteiger partial charge in [-0.2, -0.15) is 0 Å². The lowest BCUT2D eigenvalue weighted by molar-refractivity contribution is -0.130. The van der Waals surface area contributed by atoms with E-state index in [0.29, 0.717) is 6.42 Å². The Hall–Kier alpha value is -1.35. The van der Waals surface area contributed by atoms with Gasteiger partial charge in [0.2, 0.25) is 5.91 Å². The summed E-state index contributed by atoms with van der Waals surface area (Å²) in [6, 6.07) is 6.46. The van der Waals surface area contributed by atoms with Crippen LogP contribution in [0.4, 0.5) is 0 Å². The highest BCUT2D eigenvalue weighted by atomic mass is 16.2. The van der Waals surface area contributed by atoms with Gasteiger partial charge in [-0.25, -0.2) is 0 Å². The van der Waals surface area contributed by atoms with Gasteiger partial charge in [-0.05, 0) is 50.8 Å². The Morgan fingerprint density at radius 3 is 2.42 bits per heavy atom. The van der Waals surface area contributed by atoms with Crippen LogP contribution in [-0.2, 0) is 11.2 Å². The fraction of sp³-hybridized carbons (Fsp3) is 0.562. The molecule has 1 aromatic carbocycles. The van der Waals surface area contributed by atoms with Crippen molar-refractivity contribution in [2.75, 3.05) is 13.6 Å². The predicted molar refractivity (Wildman–Crippen MR) is 80.1 cm³/mol. The average Bonchev–Trinajstić information content (AvgIpc) is 2.28. The van der Waals surface area contributed by atoms with Crippen molar-refractivity contribution in [3.8, 4) is 0 Å². The largest absolute Gasteiger partial charge is 0.345 e. The fourth-order valence-electron chi connectivity index (χ4n) is 1.91. The molecule has 1 rings (SSSR count). The first-order valence-electron chi connectivity index (χ1n) is 6.78. The molecule has 0 bridgehead atoms. The summed E-state index contributed by atoms with van der Waals surface area (Å²) in [7, 11) is 1.84. The van der Waals surface area contributed by atoms with E-state index in [2.05, 4.69) is 32.0 Å². The summed E-state index contributed by atoms with van der Waals surface area (Å²) in [6.45, 7) is 8.71. The topological polar surface area (TPSA) is 46.3 Å². The number of carbonyl (C=O) groups excluding carboxylic acids is 1. The van der Waals surface area contributed by atoms with Crippen molar-refractivity contribution in [1.82, 2.24) is 4.90 Å². The van der Waals surface area contributed by atoms with Crippen LogP contribution in [0, 0.1) is 13.8 Å². The van der Waals surface area contributed by atoms with Gasteiger partial charge in [-0.3, -0.25) is 4.79 Å². The van der Waals surface area contributed by atoms with Gasteiger partial charge >= 0.3 is 0 Å². The van der Waals surface area contributed by atoms with Gasteiger partial charge < -0.3 is 10.6 Å². The Morgan fingerprint density at radius 1 is 1.26 bits per heavy atom. The van der Waals surface area contributed by atoms with E-state index in [1.807, 2.05) is 20.9 Å². The molecule has 0 fully saturated rings. The first-order chi connectivity index (χ1) is 8.69. The zero-order valence-corrected chi connectivity index (χ0v) is 12.8. The Kier molecular flexibility index (Phi) is 5.12. The van der Waals surface area contributed by atoms with Crippen molar-refractivity contribution >= 4 is 5.91 Å². The van der Waals surface area contributed by atoms with Crippen LogP contribution in [0.2, 0.25) is 0 Å². The van der Waals surface area contributed by atoms with Crippen LogP contribution in [0.3, 0.4) is 0 Å². The summed E-state index contributed by atoms with van der Waals surface area (Å²) < 4.78 is 0. The molecule has 1 amide bonds. The van der Waals surface area contributed by atoms with E-state index in [0.717, 1.165) is 13.0 Å². The molecule has 0 radical (unpaired) electrons.